The maximum absolute atomic E-state index is 12.7. The van der Waals surface area contributed by atoms with E-state index in [1.54, 1.807) is 18.3 Å². The number of carbonyl (C=O) groups excluding carboxylic acids is 2. The van der Waals surface area contributed by atoms with Gasteiger partial charge in [0.1, 0.15) is 12.4 Å². The van der Waals surface area contributed by atoms with Crippen molar-refractivity contribution in [3.63, 3.8) is 0 Å². The van der Waals surface area contributed by atoms with Crippen molar-refractivity contribution < 1.29 is 14.3 Å². The minimum absolute atomic E-state index is 0.243. The molecule has 2 amide bonds. The van der Waals surface area contributed by atoms with Crippen molar-refractivity contribution in [2.75, 3.05) is 5.32 Å². The molecule has 0 fully saturated rings. The van der Waals surface area contributed by atoms with Crippen molar-refractivity contribution in [2.24, 2.45) is 5.73 Å². The van der Waals surface area contributed by atoms with Gasteiger partial charge in [-0.1, -0.05) is 36.4 Å². The Morgan fingerprint density at radius 2 is 1.76 bits per heavy atom. The van der Waals surface area contributed by atoms with Crippen molar-refractivity contribution in [1.29, 1.82) is 0 Å². The van der Waals surface area contributed by atoms with Crippen LogP contribution in [-0.2, 0) is 6.61 Å². The number of nitrogens with one attached hydrogen (secondary N) is 1. The molecule has 2 aromatic carbocycles. The summed E-state index contributed by atoms with van der Waals surface area (Å²) in [5.74, 6) is -0.388. The molecule has 3 N–H and O–H groups in total. The van der Waals surface area contributed by atoms with Gasteiger partial charge in [0.05, 0.1) is 23.0 Å². The zero-order valence-corrected chi connectivity index (χ0v) is 18.0. The third-order valence-electron chi connectivity index (χ3n) is 5.09. The molecule has 0 radical (unpaired) electrons. The summed E-state index contributed by atoms with van der Waals surface area (Å²) in [4.78, 5) is 32.4. The summed E-state index contributed by atoms with van der Waals surface area (Å²) in [5.41, 5.74) is 10.3. The number of hydrogen-bond acceptors (Lipinski definition) is 5. The molecule has 4 aromatic rings. The topological polar surface area (TPSA) is 107 Å². The number of rotatable bonds is 7. The van der Waals surface area contributed by atoms with Gasteiger partial charge in [-0.15, -0.1) is 0 Å². The van der Waals surface area contributed by atoms with Crippen LogP contribution in [0.4, 0.5) is 5.69 Å². The smallest absolute Gasteiger partial charge is 0.257 e. The second-order valence-electron chi connectivity index (χ2n) is 7.46. The number of ether oxygens (including phenoxy) is 1. The molecule has 0 aliphatic heterocycles. The van der Waals surface area contributed by atoms with Crippen LogP contribution in [0.25, 0.3) is 11.3 Å². The van der Waals surface area contributed by atoms with Crippen LogP contribution < -0.4 is 15.8 Å². The third kappa shape index (κ3) is 5.40. The normalized spacial score (nSPS) is 10.5. The number of pyridine rings is 2. The van der Waals surface area contributed by atoms with Crippen LogP contribution in [-0.4, -0.2) is 21.8 Å². The van der Waals surface area contributed by atoms with E-state index in [9.17, 15) is 9.59 Å². The fraction of sp³-hybridized carbons (Fsp3) is 0.0769. The maximum atomic E-state index is 12.7. The number of benzene rings is 2. The number of nitrogens with two attached hydrogens (primary N) is 1. The van der Waals surface area contributed by atoms with E-state index in [0.29, 0.717) is 17.0 Å². The van der Waals surface area contributed by atoms with Crippen LogP contribution in [0.5, 0.6) is 5.75 Å². The van der Waals surface area contributed by atoms with Gasteiger partial charge in [0, 0.05) is 23.6 Å². The molecule has 0 atom stereocenters. The van der Waals surface area contributed by atoms with Gasteiger partial charge in [0.15, 0.2) is 0 Å². The van der Waals surface area contributed by atoms with Crippen LogP contribution in [0.2, 0.25) is 0 Å². The molecular weight excluding hydrogens is 416 g/mol. The van der Waals surface area contributed by atoms with Gasteiger partial charge in [-0.2, -0.15) is 0 Å². The number of anilines is 1. The predicted molar refractivity (Wildman–Crippen MR) is 126 cm³/mol. The molecule has 0 aliphatic carbocycles. The summed E-state index contributed by atoms with van der Waals surface area (Å²) in [6, 6.07) is 20.5. The minimum Gasteiger partial charge on any atom is -0.487 e. The van der Waals surface area contributed by atoms with Gasteiger partial charge in [-0.05, 0) is 48.4 Å². The molecule has 0 aliphatic rings. The van der Waals surface area contributed by atoms with Crippen LogP contribution in [0, 0.1) is 6.92 Å². The summed E-state index contributed by atoms with van der Waals surface area (Å²) in [6.07, 6.45) is 4.46. The summed E-state index contributed by atoms with van der Waals surface area (Å²) < 4.78 is 5.77. The minimum atomic E-state index is -0.569. The quantitative estimate of drug-likeness (QED) is 0.445. The van der Waals surface area contributed by atoms with E-state index in [-0.39, 0.29) is 18.1 Å². The molecule has 0 saturated heterocycles. The van der Waals surface area contributed by atoms with Crippen molar-refractivity contribution in [3.05, 3.63) is 108 Å². The molecule has 0 bridgehead atoms. The van der Waals surface area contributed by atoms with Gasteiger partial charge in [-0.3, -0.25) is 19.6 Å². The Labute approximate surface area is 191 Å². The molecule has 2 aromatic heterocycles. The highest BCUT2D eigenvalue weighted by Crippen LogP contribution is 2.20. The average molecular weight is 438 g/mol. The fourth-order valence-corrected chi connectivity index (χ4v) is 3.21. The Morgan fingerprint density at radius 3 is 2.48 bits per heavy atom. The summed E-state index contributed by atoms with van der Waals surface area (Å²) in [5, 5.41) is 2.90. The van der Waals surface area contributed by atoms with Gasteiger partial charge in [0.2, 0.25) is 5.91 Å². The molecule has 2 heterocycles. The molecule has 7 heteroatoms. The lowest BCUT2D eigenvalue weighted by atomic mass is 10.1. The number of hydrogen-bond donors (Lipinski definition) is 2. The SMILES string of the molecule is Cc1ccc(NC(=O)c2ccc(-c3ccccc3)nc2)cc1COc1cncc(C(N)=O)c1. The largest absolute Gasteiger partial charge is 0.487 e. The Balaban J connectivity index is 1.43. The molecule has 7 nitrogen and oxygen atoms in total. The second-order valence-corrected chi connectivity index (χ2v) is 7.46. The summed E-state index contributed by atoms with van der Waals surface area (Å²) in [7, 11) is 0. The summed E-state index contributed by atoms with van der Waals surface area (Å²) in [6.45, 7) is 2.20. The van der Waals surface area contributed by atoms with E-state index in [1.807, 2.05) is 61.5 Å². The van der Waals surface area contributed by atoms with Crippen molar-refractivity contribution in [2.45, 2.75) is 13.5 Å². The lowest BCUT2D eigenvalue weighted by Crippen LogP contribution is -2.13. The highest BCUT2D eigenvalue weighted by Gasteiger charge is 2.10. The first-order valence-electron chi connectivity index (χ1n) is 10.3. The van der Waals surface area contributed by atoms with Gasteiger partial charge >= 0.3 is 0 Å². The molecule has 0 unspecified atom stereocenters. The zero-order chi connectivity index (χ0) is 23.2. The van der Waals surface area contributed by atoms with Crippen LogP contribution in [0.15, 0.2) is 85.3 Å². The first kappa shape index (κ1) is 21.7. The highest BCUT2D eigenvalue weighted by molar-refractivity contribution is 6.04. The number of carbonyl (C=O) groups is 2. The second kappa shape index (κ2) is 9.74. The first-order valence-corrected chi connectivity index (χ1v) is 10.3. The lowest BCUT2D eigenvalue weighted by Gasteiger charge is -2.12. The van der Waals surface area contributed by atoms with Crippen LogP contribution in [0.3, 0.4) is 0 Å². The number of aryl methyl sites for hydroxylation is 1. The molecule has 0 saturated carbocycles. The molecule has 164 valence electrons. The number of aromatic nitrogens is 2. The van der Waals surface area contributed by atoms with Crippen molar-refractivity contribution in [3.8, 4) is 17.0 Å². The van der Waals surface area contributed by atoms with Crippen LogP contribution >= 0.6 is 0 Å². The van der Waals surface area contributed by atoms with Crippen LogP contribution in [0.1, 0.15) is 31.8 Å². The Bertz CT molecular complexity index is 1290. The van der Waals surface area contributed by atoms with E-state index >= 15 is 0 Å². The van der Waals surface area contributed by atoms with Crippen molar-refractivity contribution in [1.82, 2.24) is 9.97 Å². The van der Waals surface area contributed by atoms with E-state index in [1.165, 1.54) is 12.4 Å². The third-order valence-corrected chi connectivity index (χ3v) is 5.09. The Hall–Kier alpha value is -4.52. The van der Waals surface area contributed by atoms with E-state index in [4.69, 9.17) is 10.5 Å². The zero-order valence-electron chi connectivity index (χ0n) is 18.0. The molecule has 4 rings (SSSR count). The highest BCUT2D eigenvalue weighted by atomic mass is 16.5. The standard InChI is InChI=1S/C26H22N4O3/c1-17-7-9-22(11-21(17)16-33-23-12-20(25(27)31)13-28-15-23)30-26(32)19-8-10-24(29-14-19)18-5-3-2-4-6-18/h2-15H,16H2,1H3,(H2,27,31)(H,30,32). The molecular formula is C26H22N4O3. The Morgan fingerprint density at radius 1 is 0.939 bits per heavy atom. The van der Waals surface area contributed by atoms with E-state index in [0.717, 1.165) is 22.4 Å². The lowest BCUT2D eigenvalue weighted by molar-refractivity contribution is 0.0997. The average Bonchev–Trinajstić information content (AvgIpc) is 2.85. The Kier molecular flexibility index (Phi) is 6.40. The molecule has 33 heavy (non-hydrogen) atoms. The number of nitrogens with zero attached hydrogens (tertiary/aromatic N) is 2. The van der Waals surface area contributed by atoms with Gasteiger partial charge < -0.3 is 15.8 Å². The predicted octanol–water partition coefficient (Wildman–Crippen LogP) is 4.38. The monoisotopic (exact) mass is 438 g/mol. The molecule has 0 spiro atoms. The van der Waals surface area contributed by atoms with E-state index < -0.39 is 5.91 Å². The van der Waals surface area contributed by atoms with E-state index in [2.05, 4.69) is 15.3 Å². The maximum Gasteiger partial charge on any atom is 0.257 e. The number of amides is 2. The van der Waals surface area contributed by atoms with Crippen molar-refractivity contribution >= 4 is 17.5 Å². The van der Waals surface area contributed by atoms with Gasteiger partial charge in [-0.25, -0.2) is 0 Å². The fourth-order valence-electron chi connectivity index (χ4n) is 3.21. The van der Waals surface area contributed by atoms with Gasteiger partial charge in [0.25, 0.3) is 5.91 Å². The number of primary amides is 1. The first-order chi connectivity index (χ1) is 16.0. The summed E-state index contributed by atoms with van der Waals surface area (Å²) >= 11 is 0.